The van der Waals surface area contributed by atoms with Crippen molar-refractivity contribution < 1.29 is 52.6 Å². The fourth-order valence-electron chi connectivity index (χ4n) is 4.55. The Labute approximate surface area is 272 Å². The topological polar surface area (TPSA) is 235 Å². The molecular weight excluding hydrogens is 643 g/mol. The summed E-state index contributed by atoms with van der Waals surface area (Å²) >= 11 is 0. The Morgan fingerprint density at radius 2 is 1.60 bits per heavy atom. The molecule has 5 N–H and O–H groups in total. The number of carbonyl (C=O) groups is 2. The molecule has 1 aliphatic heterocycles. The van der Waals surface area contributed by atoms with E-state index >= 15 is 0 Å². The molecule has 47 heavy (non-hydrogen) atoms. The van der Waals surface area contributed by atoms with E-state index in [1.807, 2.05) is 0 Å². The first-order valence-corrected chi connectivity index (χ1v) is 16.5. The molecule has 0 radical (unpaired) electrons. The lowest BCUT2D eigenvalue weighted by Gasteiger charge is -2.31. The number of aryl methyl sites for hydroxylation is 1. The summed E-state index contributed by atoms with van der Waals surface area (Å²) in [4.78, 5) is 48.8. The molecular formula is C28H47N6O12P. The van der Waals surface area contributed by atoms with Gasteiger partial charge >= 0.3 is 19.6 Å². The van der Waals surface area contributed by atoms with E-state index in [9.17, 15) is 29.2 Å². The third-order valence-corrected chi connectivity index (χ3v) is 8.78. The highest BCUT2D eigenvalue weighted by atomic mass is 31.2. The number of nitrogens with zero attached hydrogens (tertiary/aromatic N) is 3. The molecule has 2 aromatic rings. The van der Waals surface area contributed by atoms with Crippen molar-refractivity contribution in [3.05, 3.63) is 22.5 Å². The molecule has 18 nitrogen and oxygen atoms in total. The van der Waals surface area contributed by atoms with Crippen molar-refractivity contribution in [1.82, 2.24) is 29.7 Å². The summed E-state index contributed by atoms with van der Waals surface area (Å²) in [5, 5.41) is 27.7. The average molecular weight is 691 g/mol. The smallest absolute Gasteiger partial charge is 0.342 e. The Balaban J connectivity index is 1.94. The van der Waals surface area contributed by atoms with E-state index in [1.165, 1.54) is 17.8 Å². The zero-order valence-corrected chi connectivity index (χ0v) is 29.2. The fraction of sp³-hybridized carbons (Fsp3) is 0.750. The first-order chi connectivity index (χ1) is 21.6. The minimum atomic E-state index is -4.49. The van der Waals surface area contributed by atoms with Gasteiger partial charge in [0.25, 0.3) is 5.56 Å². The molecule has 0 spiro atoms. The number of hydrogen-bond acceptors (Lipinski definition) is 14. The monoisotopic (exact) mass is 690 g/mol. The van der Waals surface area contributed by atoms with E-state index in [-0.39, 0.29) is 30.2 Å². The summed E-state index contributed by atoms with van der Waals surface area (Å²) in [6.07, 6.45) is -3.02. The number of aliphatic hydroxyl groups is 2. The van der Waals surface area contributed by atoms with Gasteiger partial charge in [-0.05, 0) is 55.4 Å². The number of H-pyrrole nitrogens is 1. The van der Waals surface area contributed by atoms with Crippen molar-refractivity contribution in [2.75, 3.05) is 34.0 Å². The van der Waals surface area contributed by atoms with Crippen LogP contribution in [0.1, 0.15) is 60.5 Å². The van der Waals surface area contributed by atoms with Crippen LogP contribution in [0.2, 0.25) is 0 Å². The maximum atomic E-state index is 14.5. The lowest BCUT2D eigenvalue weighted by atomic mass is 9.96. The molecule has 1 aliphatic rings. The zero-order valence-electron chi connectivity index (χ0n) is 28.4. The van der Waals surface area contributed by atoms with Gasteiger partial charge in [-0.25, -0.2) is 20.1 Å². The number of aliphatic hydroxyl groups excluding tert-OH is 1. The fourth-order valence-corrected chi connectivity index (χ4v) is 6.31. The molecule has 1 saturated heterocycles. The van der Waals surface area contributed by atoms with Gasteiger partial charge in [0.05, 0.1) is 51.6 Å². The van der Waals surface area contributed by atoms with E-state index in [4.69, 9.17) is 28.2 Å². The second kappa shape index (κ2) is 14.8. The molecule has 0 aliphatic carbocycles. The van der Waals surface area contributed by atoms with Crippen molar-refractivity contribution in [2.24, 2.45) is 0 Å². The number of nitrogens with one attached hydrogen (secondary N) is 3. The number of methoxy groups -OCH3 is 2. The highest BCUT2D eigenvalue weighted by molar-refractivity contribution is 7.54. The maximum Gasteiger partial charge on any atom is 0.342 e. The second-order valence-electron chi connectivity index (χ2n) is 13.3. The van der Waals surface area contributed by atoms with E-state index in [1.54, 1.807) is 48.5 Å². The number of esters is 2. The Morgan fingerprint density at radius 1 is 1.09 bits per heavy atom. The van der Waals surface area contributed by atoms with Gasteiger partial charge in [0.2, 0.25) is 0 Å². The van der Waals surface area contributed by atoms with Gasteiger partial charge in [-0.3, -0.25) is 23.5 Å². The lowest BCUT2D eigenvalue weighted by molar-refractivity contribution is -0.146. The minimum absolute atomic E-state index is 0.0141. The maximum absolute atomic E-state index is 14.5. The molecule has 3 heterocycles. The molecule has 3 unspecified atom stereocenters. The number of imidazole rings is 1. The molecule has 266 valence electrons. The molecule has 0 amide bonds. The van der Waals surface area contributed by atoms with E-state index < -0.39 is 79.1 Å². The highest BCUT2D eigenvalue weighted by Gasteiger charge is 2.54. The molecule has 2 aromatic heterocycles. The number of aromatic amines is 1. The van der Waals surface area contributed by atoms with Crippen LogP contribution in [0.5, 0.6) is 0 Å². The van der Waals surface area contributed by atoms with Crippen molar-refractivity contribution in [2.45, 2.75) is 103 Å². The second-order valence-corrected chi connectivity index (χ2v) is 15.2. The third kappa shape index (κ3) is 9.87. The standard InChI is InChI=1S/C28H47N6O12P/c1-15-30-21-19(22(36)31-15)29-14-34(21)25-28(8,39)20(35)18(46-25)13-45-47(40,32-16(23(37)41-9)11-43-26(2,3)4)33-17(24(38)42-10)12-44-27(5,6)7/h14,16-18,20,25,35,39H,11-13H2,1-10H3,(H,30,31,36)(H2,32,33,40)/t16?,17?,18-,20?,25-,28+,47?/m1/s1. The van der Waals surface area contributed by atoms with Crippen LogP contribution in [-0.2, 0) is 42.4 Å². The number of hydrogen-bond donors (Lipinski definition) is 5. The van der Waals surface area contributed by atoms with Crippen molar-refractivity contribution in [3.63, 3.8) is 0 Å². The van der Waals surface area contributed by atoms with Crippen LogP contribution in [0.25, 0.3) is 11.2 Å². The van der Waals surface area contributed by atoms with Crippen LogP contribution < -0.4 is 15.7 Å². The van der Waals surface area contributed by atoms with Crippen LogP contribution in [-0.4, -0.2) is 117 Å². The third-order valence-electron chi connectivity index (χ3n) is 6.97. The molecule has 0 bridgehead atoms. The highest BCUT2D eigenvalue weighted by Crippen LogP contribution is 2.44. The van der Waals surface area contributed by atoms with Crippen molar-refractivity contribution >= 4 is 30.8 Å². The Morgan fingerprint density at radius 3 is 2.06 bits per heavy atom. The Kier molecular flexibility index (Phi) is 12.1. The number of carbonyl (C=O) groups excluding carboxylic acids is 2. The van der Waals surface area contributed by atoms with Crippen LogP contribution in [0, 0.1) is 6.92 Å². The molecule has 6 atom stereocenters. The minimum Gasteiger partial charge on any atom is -0.468 e. The summed E-state index contributed by atoms with van der Waals surface area (Å²) in [5.74, 6) is -1.40. The van der Waals surface area contributed by atoms with Crippen LogP contribution in [0.4, 0.5) is 0 Å². The number of ether oxygens (including phenoxy) is 5. The van der Waals surface area contributed by atoms with E-state index in [0.717, 1.165) is 14.2 Å². The molecule has 0 saturated carbocycles. The van der Waals surface area contributed by atoms with E-state index in [2.05, 4.69) is 25.1 Å². The average Bonchev–Trinajstić information content (AvgIpc) is 3.48. The summed E-state index contributed by atoms with van der Waals surface area (Å²) in [6.45, 7) is 12.2. The largest absolute Gasteiger partial charge is 0.468 e. The van der Waals surface area contributed by atoms with Gasteiger partial charge < -0.3 is 43.4 Å². The van der Waals surface area contributed by atoms with Crippen molar-refractivity contribution in [1.29, 1.82) is 0 Å². The Hall–Kier alpha value is -2.80. The number of rotatable bonds is 14. The predicted molar refractivity (Wildman–Crippen MR) is 166 cm³/mol. The van der Waals surface area contributed by atoms with Gasteiger partial charge in [0.1, 0.15) is 35.7 Å². The van der Waals surface area contributed by atoms with Crippen LogP contribution in [0.15, 0.2) is 11.1 Å². The van der Waals surface area contributed by atoms with E-state index in [0.29, 0.717) is 0 Å². The van der Waals surface area contributed by atoms with Gasteiger partial charge in [0.15, 0.2) is 17.4 Å². The predicted octanol–water partition coefficient (Wildman–Crippen LogP) is 0.455. The van der Waals surface area contributed by atoms with Crippen molar-refractivity contribution in [3.8, 4) is 0 Å². The lowest BCUT2D eigenvalue weighted by Crippen LogP contribution is -2.49. The first-order valence-electron chi connectivity index (χ1n) is 14.8. The SMILES string of the molecule is COC(=O)C(COC(C)(C)C)NP(=O)(NC(COC(C)(C)C)C(=O)OC)OC[C@H]1O[C@@H](n2cnc3c(=O)[nH]c(C)nc32)[C@@](C)(O)C1O. The Bertz CT molecular complexity index is 1470. The summed E-state index contributed by atoms with van der Waals surface area (Å²) in [7, 11) is -2.22. The number of aromatic nitrogens is 4. The van der Waals surface area contributed by atoms with Gasteiger partial charge in [-0.15, -0.1) is 0 Å². The molecule has 1 fully saturated rings. The molecule has 19 heteroatoms. The normalized spacial score (nSPS) is 24.6. The zero-order chi connectivity index (χ0) is 35.5. The summed E-state index contributed by atoms with van der Waals surface area (Å²) in [6, 6.07) is -2.70. The van der Waals surface area contributed by atoms with Crippen LogP contribution >= 0.6 is 7.67 Å². The van der Waals surface area contributed by atoms with Crippen LogP contribution in [0.3, 0.4) is 0 Å². The van der Waals surface area contributed by atoms with Gasteiger partial charge in [-0.2, -0.15) is 0 Å². The number of fused-ring (bicyclic) bond motifs is 1. The summed E-state index contributed by atoms with van der Waals surface area (Å²) in [5.41, 5.74) is -3.79. The first kappa shape index (κ1) is 38.6. The molecule has 0 aromatic carbocycles. The quantitative estimate of drug-likeness (QED) is 0.134. The van der Waals surface area contributed by atoms with Gasteiger partial charge in [-0.1, -0.05) is 0 Å². The summed E-state index contributed by atoms with van der Waals surface area (Å²) < 4.78 is 48.8. The van der Waals surface area contributed by atoms with Gasteiger partial charge in [0, 0.05) is 0 Å². The molecule has 3 rings (SSSR count).